The molecule has 71 heavy (non-hydrogen) atoms. The van der Waals surface area contributed by atoms with Gasteiger partial charge in [0.15, 0.2) is 11.5 Å². The molecule has 2 aromatic carbocycles. The van der Waals surface area contributed by atoms with Crippen molar-refractivity contribution in [3.05, 3.63) is 101 Å². The summed E-state index contributed by atoms with van der Waals surface area (Å²) < 4.78 is 87.5. The van der Waals surface area contributed by atoms with Crippen LogP contribution in [0, 0.1) is 5.92 Å². The van der Waals surface area contributed by atoms with Crippen molar-refractivity contribution in [1.82, 2.24) is 34.1 Å². The molecule has 1 spiro atoms. The van der Waals surface area contributed by atoms with Gasteiger partial charge in [-0.2, -0.15) is 17.4 Å². The second kappa shape index (κ2) is 18.3. The second-order valence-corrected chi connectivity index (χ2v) is 21.9. The van der Waals surface area contributed by atoms with Gasteiger partial charge in [-0.25, -0.2) is 18.2 Å². The van der Waals surface area contributed by atoms with E-state index in [2.05, 4.69) is 41.9 Å². The maximum Gasteiger partial charge on any atom is 0.280 e. The molecule has 4 aromatic rings. The average molecular weight is 997 g/mol. The van der Waals surface area contributed by atoms with Crippen LogP contribution in [0.25, 0.3) is 22.2 Å². The molecule has 3 unspecified atom stereocenters. The highest BCUT2D eigenvalue weighted by Gasteiger charge is 2.52. The van der Waals surface area contributed by atoms with Gasteiger partial charge >= 0.3 is 0 Å². The second-order valence-electron chi connectivity index (χ2n) is 20.2. The number of piperidine rings is 2. The molecule has 0 radical (unpaired) electrons. The molecule has 4 saturated heterocycles. The summed E-state index contributed by atoms with van der Waals surface area (Å²) in [6.07, 6.45) is 7.81. The number of halogens is 3. The lowest BCUT2D eigenvalue weighted by Gasteiger charge is -2.56. The van der Waals surface area contributed by atoms with E-state index in [1.165, 1.54) is 6.20 Å². The highest BCUT2D eigenvalue weighted by Crippen LogP contribution is 2.44. The summed E-state index contributed by atoms with van der Waals surface area (Å²) in [6, 6.07) is 13.0. The van der Waals surface area contributed by atoms with Crippen LogP contribution in [0.1, 0.15) is 78.1 Å². The molecule has 3 amide bonds. The fraction of sp³-hybridized carbons (Fsp3) is 0.471. The number of ether oxygens (including phenoxy) is 2. The predicted molar refractivity (Wildman–Crippen MR) is 256 cm³/mol. The lowest BCUT2D eigenvalue weighted by molar-refractivity contribution is -0.148. The fourth-order valence-corrected chi connectivity index (χ4v) is 13.1. The first-order valence-corrected chi connectivity index (χ1v) is 25.8. The lowest BCUT2D eigenvalue weighted by atomic mass is 9.72. The number of amides is 3. The van der Waals surface area contributed by atoms with E-state index in [9.17, 15) is 32.0 Å². The van der Waals surface area contributed by atoms with E-state index in [1.807, 2.05) is 24.3 Å². The molecule has 7 aliphatic rings. The van der Waals surface area contributed by atoms with E-state index in [1.54, 1.807) is 23.2 Å². The third-order valence-corrected chi connectivity index (χ3v) is 17.2. The lowest BCUT2D eigenvalue weighted by Crippen LogP contribution is -2.67. The Kier molecular flexibility index (Phi) is 12.2. The summed E-state index contributed by atoms with van der Waals surface area (Å²) in [7, 11) is -4.34. The van der Waals surface area contributed by atoms with Gasteiger partial charge in [0.25, 0.3) is 16.1 Å². The number of imide groups is 1. The molecular formula is C51H55F3N8O8S. The molecule has 0 bridgehead atoms. The van der Waals surface area contributed by atoms with Crippen LogP contribution in [-0.2, 0) is 31.1 Å². The summed E-state index contributed by atoms with van der Waals surface area (Å²) in [5, 5.41) is 2.70. The smallest absolute Gasteiger partial charge is 0.280 e. The van der Waals surface area contributed by atoms with E-state index in [-0.39, 0.29) is 55.0 Å². The van der Waals surface area contributed by atoms with Gasteiger partial charge in [0.2, 0.25) is 11.8 Å². The largest absolute Gasteiger partial charge is 0.490 e. The zero-order chi connectivity index (χ0) is 49.4. The quantitative estimate of drug-likeness (QED) is 0.121. The number of ketones is 1. The Morgan fingerprint density at radius 1 is 1.00 bits per heavy atom. The van der Waals surface area contributed by atoms with Crippen molar-refractivity contribution in [3.8, 4) is 16.9 Å². The summed E-state index contributed by atoms with van der Waals surface area (Å²) in [4.78, 5) is 65.4. The maximum atomic E-state index is 16.6. The Labute approximate surface area is 408 Å². The Morgan fingerprint density at radius 3 is 2.54 bits per heavy atom. The fourth-order valence-electron chi connectivity index (χ4n) is 11.6. The van der Waals surface area contributed by atoms with Crippen molar-refractivity contribution in [2.75, 3.05) is 57.4 Å². The third kappa shape index (κ3) is 8.84. The molecule has 5 aliphatic heterocycles. The number of aromatic amines is 1. The van der Waals surface area contributed by atoms with Crippen molar-refractivity contribution < 1.29 is 50.2 Å². The first-order chi connectivity index (χ1) is 34.0. The number of hydrogen-bond donors (Lipinski definition) is 3. The van der Waals surface area contributed by atoms with Crippen molar-refractivity contribution >= 4 is 50.4 Å². The van der Waals surface area contributed by atoms with Gasteiger partial charge in [-0.15, -0.1) is 0 Å². The van der Waals surface area contributed by atoms with E-state index in [4.69, 9.17) is 9.47 Å². The van der Waals surface area contributed by atoms with Crippen LogP contribution in [0.3, 0.4) is 0 Å². The van der Waals surface area contributed by atoms with E-state index in [0.29, 0.717) is 60.0 Å². The minimum Gasteiger partial charge on any atom is -0.490 e. The molecule has 5 fully saturated rings. The van der Waals surface area contributed by atoms with Crippen molar-refractivity contribution in [3.63, 3.8) is 0 Å². The molecule has 16 nitrogen and oxygen atoms in total. The molecule has 7 heterocycles. The average Bonchev–Trinajstić information content (AvgIpc) is 4.07. The minimum atomic E-state index is -4.34. The van der Waals surface area contributed by atoms with Crippen molar-refractivity contribution in [1.29, 1.82) is 0 Å². The number of allylic oxidation sites excluding steroid dienone is 2. The number of Topliss-reactive ketones (excluding diaryl/α,β-unsaturated/α-hetero) is 1. The molecule has 4 atom stereocenters. The van der Waals surface area contributed by atoms with Gasteiger partial charge in [0.05, 0.1) is 30.4 Å². The van der Waals surface area contributed by atoms with Gasteiger partial charge in [0.1, 0.15) is 35.5 Å². The number of nitrogens with zero attached hydrogens (tertiary/aromatic N) is 5. The first-order valence-electron chi connectivity index (χ1n) is 24.4. The highest BCUT2D eigenvalue weighted by molar-refractivity contribution is 7.87. The predicted octanol–water partition coefficient (Wildman–Crippen LogP) is 5.47. The van der Waals surface area contributed by atoms with Gasteiger partial charge in [-0.05, 0) is 92.1 Å². The molecular weight excluding hydrogens is 942 g/mol. The standard InChI is InChI=1S/C51H55F3N8O8S/c1-50(54)43(58-71(67,68)61-17-14-34(52)28-61)10-8-41(53)45(50)46(64)40-25-56-47-39(40)21-32(24-55-47)31-2-4-35(5-3-31)59-15-12-30(13-16-59)26-60-18-19-69-29-51(60)22-37(23-51)70-36-6-7-38-33(20-36)27-62(49(38)66)42-9-11-44(63)57-48(42)65/h2-8,10,20-21,24-25,30,34,37,42-43,58H,9,11-19,22-23,26-29H2,1H3,(H,55,56)(H,57,63,65)/t34-,37?,42?,43?,50?,51?/m1/s1. The van der Waals surface area contributed by atoms with E-state index < -0.39 is 57.2 Å². The van der Waals surface area contributed by atoms with Crippen molar-refractivity contribution in [2.24, 2.45) is 5.92 Å². The van der Waals surface area contributed by atoms with Crippen LogP contribution in [0.2, 0.25) is 0 Å². The zero-order valence-corrected chi connectivity index (χ0v) is 40.0. The first kappa shape index (κ1) is 47.4. The summed E-state index contributed by atoms with van der Waals surface area (Å²) in [6.45, 7) is 5.76. The number of hydrogen-bond acceptors (Lipinski definition) is 11. The maximum absolute atomic E-state index is 16.6. The number of pyridine rings is 1. The monoisotopic (exact) mass is 996 g/mol. The third-order valence-electron chi connectivity index (χ3n) is 15.7. The number of benzene rings is 2. The van der Waals surface area contributed by atoms with Gasteiger partial charge < -0.3 is 24.3 Å². The molecule has 3 N–H and O–H groups in total. The number of alkyl halides is 2. The highest BCUT2D eigenvalue weighted by atomic mass is 32.2. The van der Waals surface area contributed by atoms with Crippen LogP contribution in [-0.4, -0.2) is 144 Å². The van der Waals surface area contributed by atoms with Gasteiger partial charge in [-0.3, -0.25) is 29.4 Å². The number of nitrogens with one attached hydrogen (secondary N) is 3. The number of morpholine rings is 1. The number of anilines is 1. The number of aromatic nitrogens is 2. The summed E-state index contributed by atoms with van der Waals surface area (Å²) in [5.74, 6) is -1.83. The topological polar surface area (TPSA) is 187 Å². The zero-order valence-electron chi connectivity index (χ0n) is 39.2. The van der Waals surface area contributed by atoms with Crippen LogP contribution in [0.5, 0.6) is 5.75 Å². The van der Waals surface area contributed by atoms with Crippen LogP contribution in [0.4, 0.5) is 18.9 Å². The number of fused-ring (bicyclic) bond motifs is 2. The number of carbonyl (C=O) groups is 4. The number of carbonyl (C=O) groups excluding carboxylic acids is 4. The minimum absolute atomic E-state index is 0.00487. The van der Waals surface area contributed by atoms with Crippen LogP contribution >= 0.6 is 0 Å². The number of H-pyrrole nitrogens is 1. The SMILES string of the molecule is CC1(F)C(C(=O)c2c[nH]c3ncc(-c4ccc(N5CCC(CN6CCOCC67CC(Oc6ccc8c(c6)CN(C6CCC(=O)NC6=O)C8=O)C7)CC5)cc4)cc23)=C(F)C=CC1NS(=O)(=O)N1CC[C@@H](F)C1. The Hall–Kier alpha value is -5.93. The van der Waals surface area contributed by atoms with Crippen LogP contribution in [0.15, 0.2) is 84.5 Å². The van der Waals surface area contributed by atoms with Crippen LogP contribution < -0.4 is 19.7 Å². The molecule has 2 aromatic heterocycles. The molecule has 2 aliphatic carbocycles. The molecule has 11 rings (SSSR count). The van der Waals surface area contributed by atoms with E-state index in [0.717, 1.165) is 92.1 Å². The normalized spacial score (nSPS) is 28.8. The van der Waals surface area contributed by atoms with Gasteiger partial charge in [0, 0.05) is 105 Å². The Bertz CT molecular complexity index is 2990. The molecule has 374 valence electrons. The van der Waals surface area contributed by atoms with E-state index >= 15 is 8.78 Å². The molecule has 1 saturated carbocycles. The summed E-state index contributed by atoms with van der Waals surface area (Å²) >= 11 is 0. The number of rotatable bonds is 12. The summed E-state index contributed by atoms with van der Waals surface area (Å²) in [5.41, 5.74) is 0.563. The Balaban J connectivity index is 0.691. The Morgan fingerprint density at radius 2 is 1.79 bits per heavy atom. The van der Waals surface area contributed by atoms with Crippen molar-refractivity contribution in [2.45, 2.75) is 94.0 Å². The van der Waals surface area contributed by atoms with Gasteiger partial charge in [-0.1, -0.05) is 18.2 Å². The molecule has 20 heteroatoms.